The molecule has 2 fully saturated rings. The summed E-state index contributed by atoms with van der Waals surface area (Å²) in [6, 6.07) is 14.9. The van der Waals surface area contributed by atoms with Crippen LogP contribution in [0.15, 0.2) is 66.4 Å². The second kappa shape index (κ2) is 13.9. The Hall–Kier alpha value is -4.07. The zero-order valence-corrected chi connectivity index (χ0v) is 27.0. The molecular formula is C36H46N6O3. The van der Waals surface area contributed by atoms with Gasteiger partial charge in [-0.25, -0.2) is 14.6 Å². The minimum atomic E-state index is -0.190. The maximum absolute atomic E-state index is 12.8. The number of fused-ring (bicyclic) bond motifs is 1. The van der Waals surface area contributed by atoms with Crippen molar-refractivity contribution in [1.29, 1.82) is 0 Å². The van der Waals surface area contributed by atoms with Crippen molar-refractivity contribution in [2.45, 2.75) is 46.2 Å². The molecule has 3 aliphatic heterocycles. The van der Waals surface area contributed by atoms with E-state index in [2.05, 4.69) is 93.6 Å². The number of carbonyl (C=O) groups is 1. The molecule has 45 heavy (non-hydrogen) atoms. The molecule has 9 heteroatoms. The molecule has 0 N–H and O–H groups in total. The maximum Gasteiger partial charge on any atom is 0.409 e. The maximum atomic E-state index is 12.8. The smallest absolute Gasteiger partial charge is 0.409 e. The third-order valence-corrected chi connectivity index (χ3v) is 9.61. The molecule has 1 aromatic heterocycles. The number of hydrogen-bond acceptors (Lipinski definition) is 7. The molecule has 238 valence electrons. The molecular weight excluding hydrogens is 564 g/mol. The van der Waals surface area contributed by atoms with E-state index in [4.69, 9.17) is 4.74 Å². The van der Waals surface area contributed by atoms with Gasteiger partial charge in [0.05, 0.1) is 30.9 Å². The zero-order valence-electron chi connectivity index (χ0n) is 27.0. The van der Waals surface area contributed by atoms with Gasteiger partial charge in [0.1, 0.15) is 5.70 Å². The number of aromatic nitrogens is 2. The number of likely N-dealkylation sites (tertiary alicyclic amines) is 1. The Morgan fingerprint density at radius 2 is 1.78 bits per heavy atom. The summed E-state index contributed by atoms with van der Waals surface area (Å²) in [4.78, 5) is 38.5. The largest absolute Gasteiger partial charge is 0.449 e. The fourth-order valence-corrected chi connectivity index (χ4v) is 6.85. The summed E-state index contributed by atoms with van der Waals surface area (Å²) in [6.07, 6.45) is 6.39. The van der Waals surface area contributed by atoms with Crippen molar-refractivity contribution in [1.82, 2.24) is 29.2 Å². The van der Waals surface area contributed by atoms with Crippen LogP contribution in [0, 0.1) is 11.8 Å². The van der Waals surface area contributed by atoms with Gasteiger partial charge in [-0.3, -0.25) is 0 Å². The van der Waals surface area contributed by atoms with E-state index in [1.165, 1.54) is 21.9 Å². The number of ether oxygens (including phenoxy) is 1. The number of imidazole rings is 1. The van der Waals surface area contributed by atoms with Gasteiger partial charge in [0.2, 0.25) is 0 Å². The van der Waals surface area contributed by atoms with Crippen LogP contribution in [0.1, 0.15) is 44.4 Å². The normalized spacial score (nSPS) is 18.4. The van der Waals surface area contributed by atoms with Gasteiger partial charge < -0.3 is 28.9 Å². The first-order chi connectivity index (χ1) is 21.9. The van der Waals surface area contributed by atoms with Crippen LogP contribution in [0.3, 0.4) is 0 Å². The number of nitrogens with zero attached hydrogens (tertiary/aromatic N) is 6. The quantitative estimate of drug-likeness (QED) is 0.312. The second-order valence-electron chi connectivity index (χ2n) is 13.2. The van der Waals surface area contributed by atoms with Crippen LogP contribution in [0.2, 0.25) is 0 Å². The lowest BCUT2D eigenvalue weighted by Crippen LogP contribution is -2.44. The van der Waals surface area contributed by atoms with E-state index in [-0.39, 0.29) is 6.09 Å². The monoisotopic (exact) mass is 610 g/mol. The average Bonchev–Trinajstić information content (AvgIpc) is 3.65. The van der Waals surface area contributed by atoms with Crippen molar-refractivity contribution in [2.24, 2.45) is 11.8 Å². The van der Waals surface area contributed by atoms with E-state index < -0.39 is 0 Å². The van der Waals surface area contributed by atoms with E-state index in [1.807, 2.05) is 17.4 Å². The summed E-state index contributed by atoms with van der Waals surface area (Å²) in [7, 11) is 2.15. The van der Waals surface area contributed by atoms with Crippen LogP contribution in [-0.2, 0) is 22.6 Å². The highest BCUT2D eigenvalue weighted by Crippen LogP contribution is 2.39. The molecule has 0 spiro atoms. The van der Waals surface area contributed by atoms with Crippen LogP contribution in [0.25, 0.3) is 16.3 Å². The van der Waals surface area contributed by atoms with E-state index in [9.17, 15) is 9.59 Å². The van der Waals surface area contributed by atoms with Crippen molar-refractivity contribution in [3.8, 4) is 0 Å². The van der Waals surface area contributed by atoms with E-state index in [0.717, 1.165) is 63.4 Å². The molecule has 6 rings (SSSR count). The summed E-state index contributed by atoms with van der Waals surface area (Å²) in [5.74, 6) is 3.34. The minimum Gasteiger partial charge on any atom is -0.449 e. The number of piperazine rings is 1. The summed E-state index contributed by atoms with van der Waals surface area (Å²) in [5.41, 5.74) is 5.11. The first kappa shape index (κ1) is 30.9. The molecule has 0 aliphatic carbocycles. The van der Waals surface area contributed by atoms with Gasteiger partial charge >= 0.3 is 6.09 Å². The van der Waals surface area contributed by atoms with Crippen LogP contribution in [0.5, 0.6) is 0 Å². The molecule has 0 atom stereocenters. The molecule has 3 aliphatic rings. The predicted molar refractivity (Wildman–Crippen MR) is 177 cm³/mol. The van der Waals surface area contributed by atoms with E-state index >= 15 is 0 Å². The first-order valence-corrected chi connectivity index (χ1v) is 16.5. The van der Waals surface area contributed by atoms with Crippen molar-refractivity contribution in [3.63, 3.8) is 0 Å². The lowest BCUT2D eigenvalue weighted by atomic mass is 9.97. The fraction of sp³-hybridized carbons (Fsp3) is 0.500. The minimum absolute atomic E-state index is 0.190. The second-order valence-corrected chi connectivity index (χ2v) is 13.2. The fourth-order valence-electron chi connectivity index (χ4n) is 6.85. The molecule has 2 saturated heterocycles. The Labute approximate surface area is 266 Å². The number of amides is 1. The molecule has 0 saturated carbocycles. The summed E-state index contributed by atoms with van der Waals surface area (Å²) in [6.45, 7) is 11.9. The molecule has 9 nitrogen and oxygen atoms in total. The lowest BCUT2D eigenvalue weighted by Gasteiger charge is -2.35. The number of benzene rings is 2. The Bertz CT molecular complexity index is 1570. The Morgan fingerprint density at radius 3 is 2.53 bits per heavy atom. The number of piperidine rings is 1. The highest BCUT2D eigenvalue weighted by atomic mass is 16.6. The van der Waals surface area contributed by atoms with Gasteiger partial charge in [-0.15, -0.1) is 0 Å². The topological polar surface area (TPSA) is 74.2 Å². The Balaban J connectivity index is 1.17. The van der Waals surface area contributed by atoms with E-state index in [1.54, 1.807) is 0 Å². The highest BCUT2D eigenvalue weighted by molar-refractivity contribution is 5.97. The lowest BCUT2D eigenvalue weighted by molar-refractivity contribution is 0.0825. The van der Waals surface area contributed by atoms with Crippen LogP contribution in [-0.4, -0.2) is 101 Å². The third-order valence-electron chi connectivity index (χ3n) is 9.61. The number of rotatable bonds is 9. The summed E-state index contributed by atoms with van der Waals surface area (Å²) in [5, 5.41) is 2.40. The number of likely N-dealkylation sites (N-methyl/N-ethyl adjacent to an activating group) is 1. The summed E-state index contributed by atoms with van der Waals surface area (Å²) >= 11 is 0. The molecule has 0 bridgehead atoms. The van der Waals surface area contributed by atoms with Crippen molar-refractivity contribution < 1.29 is 14.3 Å². The third kappa shape index (κ3) is 6.95. The Kier molecular flexibility index (Phi) is 9.57. The average molecular weight is 611 g/mol. The van der Waals surface area contributed by atoms with Gasteiger partial charge in [0.15, 0.2) is 5.94 Å². The molecule has 2 aromatic carbocycles. The molecule has 3 aromatic rings. The molecule has 1 amide bonds. The van der Waals surface area contributed by atoms with Crippen molar-refractivity contribution >= 4 is 28.4 Å². The van der Waals surface area contributed by atoms with Crippen molar-refractivity contribution in [2.75, 3.05) is 59.5 Å². The number of hydrogen-bond donors (Lipinski definition) is 0. The van der Waals surface area contributed by atoms with Crippen LogP contribution >= 0.6 is 0 Å². The predicted octanol–water partition coefficient (Wildman–Crippen LogP) is 5.12. The SMILES string of the molecule is CC(C)CCOC(=O)N1CCC(Cn2cncc2CN2CC(c3cccc4ccccc34)=C(N3CCN(C)CC3)C2=C=O)CC1. The van der Waals surface area contributed by atoms with Gasteiger partial charge in [-0.05, 0) is 54.5 Å². The number of carbonyl (C=O) groups excluding carboxylic acids is 2. The first-order valence-electron chi connectivity index (χ1n) is 16.5. The van der Waals surface area contributed by atoms with Gasteiger partial charge in [-0.2, -0.15) is 0 Å². The van der Waals surface area contributed by atoms with Gasteiger partial charge in [-0.1, -0.05) is 56.3 Å². The van der Waals surface area contributed by atoms with Gasteiger partial charge in [0.25, 0.3) is 0 Å². The van der Waals surface area contributed by atoms with Gasteiger partial charge in [0, 0.05) is 64.1 Å². The van der Waals surface area contributed by atoms with Crippen LogP contribution < -0.4 is 0 Å². The summed E-state index contributed by atoms with van der Waals surface area (Å²) < 4.78 is 7.72. The van der Waals surface area contributed by atoms with E-state index in [0.29, 0.717) is 50.3 Å². The van der Waals surface area contributed by atoms with Crippen LogP contribution in [0.4, 0.5) is 4.79 Å². The molecule has 0 radical (unpaired) electrons. The highest BCUT2D eigenvalue weighted by Gasteiger charge is 2.35. The molecule has 0 unspecified atom stereocenters. The zero-order chi connectivity index (χ0) is 31.3. The van der Waals surface area contributed by atoms with Crippen molar-refractivity contribution in [3.05, 3.63) is 77.6 Å². The Morgan fingerprint density at radius 1 is 1.02 bits per heavy atom. The standard InChI is InChI=1S/C36H46N6O3/c1-27(2)13-20-45-36(44)40-14-11-28(12-15-40)22-42-26-37-21-30(42)23-41-24-33(32-10-6-8-29-7-4-5-9-31(29)32)35(34(41)25-43)39-18-16-38(3)17-19-39/h4-10,21,26-28H,11-20,22-24H2,1-3H3. The molecule has 4 heterocycles.